The number of unbranched alkanes of at least 4 members (excludes halogenated alkanes) is 3. The number of hydrogen-bond acceptors (Lipinski definition) is 1. The molecule has 0 aliphatic heterocycles. The van der Waals surface area contributed by atoms with Crippen LogP contribution in [0.4, 0.5) is 0 Å². The van der Waals surface area contributed by atoms with E-state index in [4.69, 9.17) is 0 Å². The molecule has 0 atom stereocenters. The highest BCUT2D eigenvalue weighted by atomic mass is 14.8. The van der Waals surface area contributed by atoms with Crippen molar-refractivity contribution < 1.29 is 0 Å². The van der Waals surface area contributed by atoms with Gasteiger partial charge in [-0.2, -0.15) is 0 Å². The molecule has 0 radical (unpaired) electrons. The lowest BCUT2D eigenvalue weighted by atomic mass is 10.2. The summed E-state index contributed by atoms with van der Waals surface area (Å²) >= 11 is 0. The van der Waals surface area contributed by atoms with E-state index in [0.29, 0.717) is 0 Å². The maximum atomic E-state index is 3.14. The number of allylic oxidation sites excluding steroid dienone is 2. The van der Waals surface area contributed by atoms with Crippen molar-refractivity contribution >= 4 is 0 Å². The van der Waals surface area contributed by atoms with Gasteiger partial charge in [-0.3, -0.25) is 0 Å². The largest absolute Gasteiger partial charge is 0.320 e. The Morgan fingerprint density at radius 2 is 2.00 bits per heavy atom. The molecule has 10 heavy (non-hydrogen) atoms. The molecular formula is C9H19N. The summed E-state index contributed by atoms with van der Waals surface area (Å²) < 4.78 is 0. The third-order valence-corrected chi connectivity index (χ3v) is 1.53. The van der Waals surface area contributed by atoms with Gasteiger partial charge in [0.2, 0.25) is 0 Å². The zero-order valence-electron chi connectivity index (χ0n) is 7.19. The van der Waals surface area contributed by atoms with Gasteiger partial charge in [-0.05, 0) is 39.8 Å². The Hall–Kier alpha value is -0.300. The fourth-order valence-electron chi connectivity index (χ4n) is 0.907. The second kappa shape index (κ2) is 8.70. The van der Waals surface area contributed by atoms with E-state index in [1.54, 1.807) is 0 Å². The lowest BCUT2D eigenvalue weighted by Gasteiger charge is -1.96. The zero-order chi connectivity index (χ0) is 7.66. The molecular weight excluding hydrogens is 122 g/mol. The summed E-state index contributed by atoms with van der Waals surface area (Å²) in [6, 6.07) is 0. The minimum Gasteiger partial charge on any atom is -0.320 e. The van der Waals surface area contributed by atoms with E-state index >= 15 is 0 Å². The molecule has 0 rings (SSSR count). The number of nitrogens with one attached hydrogen (secondary N) is 1. The molecule has 0 saturated heterocycles. The fourth-order valence-corrected chi connectivity index (χ4v) is 0.907. The van der Waals surface area contributed by atoms with Crippen LogP contribution in [0.3, 0.4) is 0 Å². The first-order valence-corrected chi connectivity index (χ1v) is 4.17. The monoisotopic (exact) mass is 141 g/mol. The predicted octanol–water partition coefficient (Wildman–Crippen LogP) is 2.34. The summed E-state index contributed by atoms with van der Waals surface area (Å²) in [5.41, 5.74) is 0. The highest BCUT2D eigenvalue weighted by Crippen LogP contribution is 1.98. The summed E-state index contributed by atoms with van der Waals surface area (Å²) in [6.45, 7) is 3.24. The highest BCUT2D eigenvalue weighted by Gasteiger charge is 1.84. The van der Waals surface area contributed by atoms with Crippen molar-refractivity contribution in [2.24, 2.45) is 0 Å². The number of rotatable bonds is 6. The molecule has 0 bridgehead atoms. The van der Waals surface area contributed by atoms with Crippen LogP contribution in [0.2, 0.25) is 0 Å². The second-order valence-corrected chi connectivity index (χ2v) is 2.52. The van der Waals surface area contributed by atoms with Gasteiger partial charge < -0.3 is 5.32 Å². The molecule has 0 amide bonds. The fraction of sp³-hybridized carbons (Fsp3) is 0.778. The van der Waals surface area contributed by atoms with Crippen LogP contribution in [0.5, 0.6) is 0 Å². The highest BCUT2D eigenvalue weighted by molar-refractivity contribution is 4.76. The van der Waals surface area contributed by atoms with Crippen molar-refractivity contribution in [1.82, 2.24) is 5.32 Å². The molecule has 0 aromatic heterocycles. The van der Waals surface area contributed by atoms with Gasteiger partial charge in [0.1, 0.15) is 0 Å². The van der Waals surface area contributed by atoms with Crippen LogP contribution in [0, 0.1) is 0 Å². The van der Waals surface area contributed by atoms with E-state index in [9.17, 15) is 0 Å². The van der Waals surface area contributed by atoms with E-state index in [1.165, 1.54) is 25.7 Å². The summed E-state index contributed by atoms with van der Waals surface area (Å²) in [4.78, 5) is 0. The Balaban J connectivity index is 2.77. The third-order valence-electron chi connectivity index (χ3n) is 1.53. The SMILES string of the molecule is C/C=C/CCCCCNC. The molecule has 1 nitrogen and oxygen atoms in total. The normalized spacial score (nSPS) is 11.0. The van der Waals surface area contributed by atoms with Crippen molar-refractivity contribution in [3.8, 4) is 0 Å². The Bertz CT molecular complexity index is 76.8. The van der Waals surface area contributed by atoms with E-state index in [-0.39, 0.29) is 0 Å². The Labute approximate surface area is 64.5 Å². The predicted molar refractivity (Wildman–Crippen MR) is 47.2 cm³/mol. The third kappa shape index (κ3) is 7.70. The molecule has 0 unspecified atom stereocenters. The summed E-state index contributed by atoms with van der Waals surface area (Å²) in [5, 5.41) is 3.14. The van der Waals surface area contributed by atoms with Crippen LogP contribution in [-0.2, 0) is 0 Å². The molecule has 0 heterocycles. The minimum absolute atomic E-state index is 1.16. The first-order valence-electron chi connectivity index (χ1n) is 4.17. The standard InChI is InChI=1S/C9H19N/c1-3-4-5-6-7-8-9-10-2/h3-4,10H,5-9H2,1-2H3/b4-3+. The first kappa shape index (κ1) is 9.70. The average Bonchev–Trinajstić information content (AvgIpc) is 1.97. The van der Waals surface area contributed by atoms with Crippen molar-refractivity contribution in [3.63, 3.8) is 0 Å². The van der Waals surface area contributed by atoms with Gasteiger partial charge in [-0.25, -0.2) is 0 Å². The zero-order valence-corrected chi connectivity index (χ0v) is 7.19. The van der Waals surface area contributed by atoms with Gasteiger partial charge in [-0.15, -0.1) is 0 Å². The minimum atomic E-state index is 1.16. The molecule has 0 spiro atoms. The average molecular weight is 141 g/mol. The Morgan fingerprint density at radius 3 is 2.60 bits per heavy atom. The van der Waals surface area contributed by atoms with Crippen molar-refractivity contribution in [2.45, 2.75) is 32.6 Å². The lowest BCUT2D eigenvalue weighted by molar-refractivity contribution is 0.647. The first-order chi connectivity index (χ1) is 4.91. The smallest absolute Gasteiger partial charge is 0.00519 e. The molecule has 0 aromatic rings. The van der Waals surface area contributed by atoms with Gasteiger partial charge in [0, 0.05) is 0 Å². The van der Waals surface area contributed by atoms with Crippen LogP contribution in [0.25, 0.3) is 0 Å². The van der Waals surface area contributed by atoms with Crippen LogP contribution in [-0.4, -0.2) is 13.6 Å². The number of hydrogen-bond donors (Lipinski definition) is 1. The quantitative estimate of drug-likeness (QED) is 0.442. The van der Waals surface area contributed by atoms with Gasteiger partial charge in [0.25, 0.3) is 0 Å². The molecule has 1 heteroatoms. The van der Waals surface area contributed by atoms with Gasteiger partial charge in [-0.1, -0.05) is 18.6 Å². The summed E-state index contributed by atoms with van der Waals surface area (Å²) in [5.74, 6) is 0. The van der Waals surface area contributed by atoms with Crippen molar-refractivity contribution in [2.75, 3.05) is 13.6 Å². The van der Waals surface area contributed by atoms with Crippen LogP contribution in [0.15, 0.2) is 12.2 Å². The van der Waals surface area contributed by atoms with Crippen molar-refractivity contribution in [3.05, 3.63) is 12.2 Å². The molecule has 0 aliphatic rings. The molecule has 60 valence electrons. The van der Waals surface area contributed by atoms with Gasteiger partial charge in [0.05, 0.1) is 0 Å². The summed E-state index contributed by atoms with van der Waals surface area (Å²) in [7, 11) is 2.01. The van der Waals surface area contributed by atoms with E-state index in [1.807, 2.05) is 7.05 Å². The topological polar surface area (TPSA) is 12.0 Å². The maximum Gasteiger partial charge on any atom is -0.00519 e. The van der Waals surface area contributed by atoms with Crippen molar-refractivity contribution in [1.29, 1.82) is 0 Å². The molecule has 0 fully saturated rings. The molecule has 1 N–H and O–H groups in total. The van der Waals surface area contributed by atoms with E-state index in [2.05, 4.69) is 24.4 Å². The van der Waals surface area contributed by atoms with Gasteiger partial charge in [0.15, 0.2) is 0 Å². The van der Waals surface area contributed by atoms with E-state index in [0.717, 1.165) is 6.54 Å². The summed E-state index contributed by atoms with van der Waals surface area (Å²) in [6.07, 6.45) is 9.61. The molecule has 0 aromatic carbocycles. The Kier molecular flexibility index (Phi) is 8.44. The second-order valence-electron chi connectivity index (χ2n) is 2.52. The maximum absolute atomic E-state index is 3.14. The van der Waals surface area contributed by atoms with E-state index < -0.39 is 0 Å². The Morgan fingerprint density at radius 1 is 1.20 bits per heavy atom. The van der Waals surface area contributed by atoms with Gasteiger partial charge >= 0.3 is 0 Å². The lowest BCUT2D eigenvalue weighted by Crippen LogP contribution is -2.06. The molecule has 0 saturated carbocycles. The van der Waals surface area contributed by atoms with Crippen LogP contribution in [0.1, 0.15) is 32.6 Å². The van der Waals surface area contributed by atoms with Crippen LogP contribution >= 0.6 is 0 Å². The van der Waals surface area contributed by atoms with Crippen LogP contribution < -0.4 is 5.32 Å². The molecule has 0 aliphatic carbocycles.